The molecule has 1 heterocycles. The predicted octanol–water partition coefficient (Wildman–Crippen LogP) is 2.57. The molecule has 1 aromatic heterocycles. The van der Waals surface area contributed by atoms with Gasteiger partial charge in [0.25, 0.3) is 5.22 Å². The Balaban J connectivity index is 2.35. The van der Waals surface area contributed by atoms with Crippen LogP contribution in [0.15, 0.2) is 32.7 Å². The molecular formula is C15H14ClN2O4S-. The van der Waals surface area contributed by atoms with E-state index in [1.165, 1.54) is 6.08 Å². The Labute approximate surface area is 142 Å². The summed E-state index contributed by atoms with van der Waals surface area (Å²) in [6, 6.07) is 4.96. The Kier molecular flexibility index (Phi) is 6.06. The minimum atomic E-state index is -1.35. The summed E-state index contributed by atoms with van der Waals surface area (Å²) in [6.45, 7) is 4.14. The van der Waals surface area contributed by atoms with Crippen LogP contribution in [0, 0.1) is 0 Å². The molecule has 0 amide bonds. The van der Waals surface area contributed by atoms with Gasteiger partial charge in [-0.05, 0) is 43.0 Å². The summed E-state index contributed by atoms with van der Waals surface area (Å²) in [4.78, 5) is 11.3. The van der Waals surface area contributed by atoms with Crippen molar-refractivity contribution in [1.29, 1.82) is 0 Å². The molecule has 0 aliphatic heterocycles. The van der Waals surface area contributed by atoms with Crippen LogP contribution in [0.5, 0.6) is 5.75 Å². The van der Waals surface area contributed by atoms with Crippen LogP contribution >= 0.6 is 23.4 Å². The second-order valence-electron chi connectivity index (χ2n) is 4.33. The third-order valence-corrected chi connectivity index (χ3v) is 3.79. The molecule has 0 N–H and O–H groups in total. The van der Waals surface area contributed by atoms with Gasteiger partial charge in [-0.2, -0.15) is 0 Å². The van der Waals surface area contributed by atoms with Gasteiger partial charge in [0.1, 0.15) is 5.75 Å². The summed E-state index contributed by atoms with van der Waals surface area (Å²) in [5.41, 5.74) is 0.529. The van der Waals surface area contributed by atoms with E-state index in [9.17, 15) is 9.90 Å². The van der Waals surface area contributed by atoms with E-state index in [0.717, 1.165) is 11.8 Å². The quantitative estimate of drug-likeness (QED) is 0.558. The maximum atomic E-state index is 11.4. The van der Waals surface area contributed by atoms with Crippen LogP contribution in [0.3, 0.4) is 0 Å². The van der Waals surface area contributed by atoms with Gasteiger partial charge in [0.05, 0.1) is 12.6 Å². The lowest BCUT2D eigenvalue weighted by Gasteiger charge is -2.10. The van der Waals surface area contributed by atoms with Gasteiger partial charge in [0.2, 0.25) is 5.89 Å². The molecule has 23 heavy (non-hydrogen) atoms. The third kappa shape index (κ3) is 4.74. The first-order valence-corrected chi connectivity index (χ1v) is 8.08. The fourth-order valence-electron chi connectivity index (χ4n) is 1.71. The number of carbonyl (C=O) groups is 1. The van der Waals surface area contributed by atoms with E-state index in [1.807, 2.05) is 13.8 Å². The molecule has 122 valence electrons. The zero-order valence-corrected chi connectivity index (χ0v) is 14.1. The fourth-order valence-corrected chi connectivity index (χ4v) is 2.56. The number of halogens is 1. The summed E-state index contributed by atoms with van der Waals surface area (Å²) in [5.74, 6) is -0.396. The number of benzene rings is 1. The number of ether oxygens (including phenoxy) is 1. The monoisotopic (exact) mass is 353 g/mol. The number of hydrogen-bond acceptors (Lipinski definition) is 7. The van der Waals surface area contributed by atoms with Crippen molar-refractivity contribution >= 4 is 35.4 Å². The topological polar surface area (TPSA) is 88.3 Å². The van der Waals surface area contributed by atoms with Crippen LogP contribution in [0.4, 0.5) is 0 Å². The molecule has 0 saturated carbocycles. The van der Waals surface area contributed by atoms with Crippen LogP contribution < -0.4 is 9.84 Å². The summed E-state index contributed by atoms with van der Waals surface area (Å²) in [5, 5.41) is 19.6. The average Bonchev–Trinajstić information content (AvgIpc) is 2.97. The van der Waals surface area contributed by atoms with Crippen molar-refractivity contribution < 1.29 is 19.1 Å². The number of hydrogen-bond donors (Lipinski definition) is 0. The third-order valence-electron chi connectivity index (χ3n) is 2.71. The van der Waals surface area contributed by atoms with Gasteiger partial charge in [-0.3, -0.25) is 0 Å². The zero-order valence-electron chi connectivity index (χ0n) is 12.5. The van der Waals surface area contributed by atoms with E-state index >= 15 is 0 Å². The van der Waals surface area contributed by atoms with Gasteiger partial charge in [0, 0.05) is 21.9 Å². The zero-order chi connectivity index (χ0) is 16.8. The van der Waals surface area contributed by atoms with Gasteiger partial charge in [-0.25, -0.2) is 0 Å². The molecule has 0 bridgehead atoms. The Bertz CT molecular complexity index is 730. The molecular weight excluding hydrogens is 340 g/mol. The van der Waals surface area contributed by atoms with Gasteiger partial charge in [-0.1, -0.05) is 18.5 Å². The number of carboxylic acid groups (broad SMARTS) is 1. The molecule has 2 aromatic rings. The number of thioether (sulfide) groups is 1. The first kappa shape index (κ1) is 17.4. The van der Waals surface area contributed by atoms with E-state index in [1.54, 1.807) is 18.2 Å². The number of carboxylic acids is 1. The maximum Gasteiger partial charge on any atom is 0.281 e. The van der Waals surface area contributed by atoms with Crippen LogP contribution in [-0.4, -0.2) is 22.8 Å². The van der Waals surface area contributed by atoms with Crippen molar-refractivity contribution in [3.05, 3.63) is 39.6 Å². The highest BCUT2D eigenvalue weighted by molar-refractivity contribution is 8.03. The number of aryl methyl sites for hydroxylation is 1. The molecule has 0 fully saturated rings. The predicted molar refractivity (Wildman–Crippen MR) is 85.1 cm³/mol. The summed E-state index contributed by atoms with van der Waals surface area (Å²) in [6.07, 6.45) is 1.98. The molecule has 6 nitrogen and oxygen atoms in total. The standard InChI is InChI=1S/C15H15ClN2O4S/c1-3-13-17-18-15(22-13)23-12(14(19)20)8-9-7-10(16)5-6-11(9)21-4-2/h5-8H,3-4H2,1-2H3,(H,19,20)/p-1/b12-8-. The number of nitrogens with zero attached hydrogens (tertiary/aromatic N) is 2. The summed E-state index contributed by atoms with van der Waals surface area (Å²) >= 11 is 6.79. The number of rotatable bonds is 7. The van der Waals surface area contributed by atoms with E-state index in [-0.39, 0.29) is 10.1 Å². The smallest absolute Gasteiger partial charge is 0.281 e. The summed E-state index contributed by atoms with van der Waals surface area (Å²) < 4.78 is 10.8. The van der Waals surface area contributed by atoms with E-state index < -0.39 is 5.97 Å². The highest BCUT2D eigenvalue weighted by Gasteiger charge is 2.11. The number of aromatic nitrogens is 2. The molecule has 0 saturated heterocycles. The van der Waals surface area contributed by atoms with Crippen LogP contribution in [0.25, 0.3) is 6.08 Å². The molecule has 0 unspecified atom stereocenters. The molecule has 0 aliphatic carbocycles. The van der Waals surface area contributed by atoms with Crippen molar-refractivity contribution in [2.24, 2.45) is 0 Å². The molecule has 0 spiro atoms. The highest BCUT2D eigenvalue weighted by atomic mass is 35.5. The van der Waals surface area contributed by atoms with E-state index in [2.05, 4.69) is 10.2 Å². The van der Waals surface area contributed by atoms with Crippen molar-refractivity contribution in [2.75, 3.05) is 6.61 Å². The highest BCUT2D eigenvalue weighted by Crippen LogP contribution is 2.31. The number of carbonyl (C=O) groups excluding carboxylic acids is 1. The average molecular weight is 354 g/mol. The minimum Gasteiger partial charge on any atom is -0.544 e. The normalized spacial score (nSPS) is 11.5. The van der Waals surface area contributed by atoms with Gasteiger partial charge >= 0.3 is 0 Å². The first-order chi connectivity index (χ1) is 11.0. The Morgan fingerprint density at radius 1 is 1.43 bits per heavy atom. The minimum absolute atomic E-state index is 0.0838. The Morgan fingerprint density at radius 3 is 2.83 bits per heavy atom. The van der Waals surface area contributed by atoms with E-state index in [4.69, 9.17) is 20.8 Å². The lowest BCUT2D eigenvalue weighted by atomic mass is 10.2. The lowest BCUT2D eigenvalue weighted by Crippen LogP contribution is -2.23. The van der Waals surface area contributed by atoms with E-state index in [0.29, 0.717) is 35.3 Å². The maximum absolute atomic E-state index is 11.4. The lowest BCUT2D eigenvalue weighted by molar-refractivity contribution is -0.298. The van der Waals surface area contributed by atoms with Crippen molar-refractivity contribution in [3.63, 3.8) is 0 Å². The second-order valence-corrected chi connectivity index (χ2v) is 5.76. The Hall–Kier alpha value is -1.99. The van der Waals surface area contributed by atoms with Gasteiger partial charge in [0.15, 0.2) is 0 Å². The largest absolute Gasteiger partial charge is 0.544 e. The van der Waals surface area contributed by atoms with Gasteiger partial charge < -0.3 is 19.1 Å². The molecule has 1 aromatic carbocycles. The van der Waals surface area contributed by atoms with Crippen LogP contribution in [-0.2, 0) is 11.2 Å². The van der Waals surface area contributed by atoms with Crippen molar-refractivity contribution in [2.45, 2.75) is 25.5 Å². The Morgan fingerprint density at radius 2 is 2.22 bits per heavy atom. The molecule has 0 radical (unpaired) electrons. The molecule has 8 heteroatoms. The van der Waals surface area contributed by atoms with Gasteiger partial charge in [-0.15, -0.1) is 10.2 Å². The van der Waals surface area contributed by atoms with Crippen molar-refractivity contribution in [1.82, 2.24) is 10.2 Å². The number of aliphatic carboxylic acids is 1. The van der Waals surface area contributed by atoms with Crippen LogP contribution in [0.2, 0.25) is 5.02 Å². The van der Waals surface area contributed by atoms with Crippen LogP contribution in [0.1, 0.15) is 25.3 Å². The molecule has 0 atom stereocenters. The molecule has 0 aliphatic rings. The molecule has 2 rings (SSSR count). The summed E-state index contributed by atoms with van der Waals surface area (Å²) in [7, 11) is 0. The SMILES string of the molecule is CCOc1ccc(Cl)cc1/C=C(\Sc1nnc(CC)o1)C(=O)[O-]. The van der Waals surface area contributed by atoms with Crippen molar-refractivity contribution in [3.8, 4) is 5.75 Å². The first-order valence-electron chi connectivity index (χ1n) is 6.89. The fraction of sp³-hybridized carbons (Fsp3) is 0.267. The second kappa shape index (κ2) is 8.03.